The van der Waals surface area contributed by atoms with Crippen LogP contribution in [0.15, 0.2) is 12.3 Å². The smallest absolute Gasteiger partial charge is 0.224 e. The molecule has 0 aliphatic carbocycles. The van der Waals surface area contributed by atoms with E-state index in [2.05, 4.69) is 41.0 Å². The Labute approximate surface area is 110 Å². The fraction of sp³-hybridized carbons (Fsp3) is 0.692. The highest BCUT2D eigenvalue weighted by Crippen LogP contribution is 2.15. The fourth-order valence-corrected chi connectivity index (χ4v) is 1.86. The highest BCUT2D eigenvalue weighted by Gasteiger charge is 2.14. The van der Waals surface area contributed by atoms with Crippen LogP contribution in [-0.2, 0) is 4.74 Å². The van der Waals surface area contributed by atoms with Crippen LogP contribution in [0.5, 0.6) is 0 Å². The Kier molecular flexibility index (Phi) is 6.43. The Morgan fingerprint density at radius 3 is 2.83 bits per heavy atom. The van der Waals surface area contributed by atoms with Gasteiger partial charge in [-0.1, -0.05) is 6.92 Å². The van der Waals surface area contributed by atoms with Crippen LogP contribution in [0, 0.1) is 0 Å². The quantitative estimate of drug-likeness (QED) is 0.768. The molecule has 0 spiro atoms. The van der Waals surface area contributed by atoms with E-state index in [-0.39, 0.29) is 0 Å². The van der Waals surface area contributed by atoms with E-state index in [9.17, 15) is 0 Å². The van der Waals surface area contributed by atoms with Gasteiger partial charge in [0.25, 0.3) is 0 Å². The number of methoxy groups -OCH3 is 1. The zero-order valence-electron chi connectivity index (χ0n) is 11.8. The lowest BCUT2D eigenvalue weighted by Crippen LogP contribution is -2.36. The van der Waals surface area contributed by atoms with Gasteiger partial charge >= 0.3 is 0 Å². The van der Waals surface area contributed by atoms with Crippen molar-refractivity contribution in [3.05, 3.63) is 12.3 Å². The van der Waals surface area contributed by atoms with Gasteiger partial charge in [0.2, 0.25) is 5.95 Å². The molecular weight excluding hydrogens is 228 g/mol. The number of anilines is 2. The average molecular weight is 252 g/mol. The van der Waals surface area contributed by atoms with E-state index >= 15 is 0 Å². The van der Waals surface area contributed by atoms with Crippen molar-refractivity contribution >= 4 is 11.8 Å². The molecule has 0 aromatic carbocycles. The Balaban J connectivity index is 2.78. The zero-order valence-corrected chi connectivity index (χ0v) is 11.8. The maximum atomic E-state index is 5.20. The minimum absolute atomic E-state index is 0.300. The molecule has 0 amide bonds. The molecule has 1 aromatic heterocycles. The van der Waals surface area contributed by atoms with Crippen molar-refractivity contribution < 1.29 is 4.74 Å². The largest absolute Gasteiger partial charge is 0.383 e. The summed E-state index contributed by atoms with van der Waals surface area (Å²) >= 11 is 0. The third kappa shape index (κ3) is 4.14. The number of nitrogens with zero attached hydrogens (tertiary/aromatic N) is 3. The summed E-state index contributed by atoms with van der Waals surface area (Å²) in [5.74, 6) is 1.63. The topological polar surface area (TPSA) is 50.3 Å². The number of likely N-dealkylation sites (N-methyl/N-ethyl adjacent to an activating group) is 1. The predicted octanol–water partition coefficient (Wildman–Crippen LogP) is 2.16. The van der Waals surface area contributed by atoms with Gasteiger partial charge in [0.1, 0.15) is 5.82 Å². The zero-order chi connectivity index (χ0) is 13.4. The first-order valence-corrected chi connectivity index (χ1v) is 6.55. The summed E-state index contributed by atoms with van der Waals surface area (Å²) in [6.45, 7) is 8.85. The molecule has 18 heavy (non-hydrogen) atoms. The van der Waals surface area contributed by atoms with Crippen molar-refractivity contribution in [3.8, 4) is 0 Å². The molecule has 0 saturated heterocycles. The summed E-state index contributed by atoms with van der Waals surface area (Å²) in [6, 6.07) is 2.24. The average Bonchev–Trinajstić information content (AvgIpc) is 2.38. The number of nitrogens with one attached hydrogen (secondary N) is 1. The van der Waals surface area contributed by atoms with E-state index in [0.29, 0.717) is 18.6 Å². The Morgan fingerprint density at radius 1 is 1.44 bits per heavy atom. The molecule has 0 saturated carbocycles. The van der Waals surface area contributed by atoms with Crippen molar-refractivity contribution in [2.75, 3.05) is 37.0 Å². The van der Waals surface area contributed by atoms with Crippen molar-refractivity contribution in [1.82, 2.24) is 9.97 Å². The van der Waals surface area contributed by atoms with Crippen LogP contribution in [0.1, 0.15) is 27.2 Å². The van der Waals surface area contributed by atoms with E-state index in [1.54, 1.807) is 13.3 Å². The number of rotatable bonds is 8. The minimum atomic E-state index is 0.300. The second-order valence-electron chi connectivity index (χ2n) is 4.26. The number of aromatic nitrogens is 2. The van der Waals surface area contributed by atoms with Gasteiger partial charge in [0.15, 0.2) is 0 Å². The molecule has 5 nitrogen and oxygen atoms in total. The van der Waals surface area contributed by atoms with Crippen molar-refractivity contribution in [2.45, 2.75) is 33.2 Å². The van der Waals surface area contributed by atoms with Gasteiger partial charge in [-0.25, -0.2) is 4.98 Å². The van der Waals surface area contributed by atoms with Crippen LogP contribution < -0.4 is 10.2 Å². The maximum absolute atomic E-state index is 5.20. The molecule has 1 heterocycles. The molecule has 1 rings (SSSR count). The van der Waals surface area contributed by atoms with Crippen molar-refractivity contribution in [1.29, 1.82) is 0 Å². The summed E-state index contributed by atoms with van der Waals surface area (Å²) in [4.78, 5) is 11.0. The third-order valence-electron chi connectivity index (χ3n) is 2.75. The Bertz CT molecular complexity index is 346. The number of hydrogen-bond acceptors (Lipinski definition) is 5. The summed E-state index contributed by atoms with van der Waals surface area (Å²) in [5.41, 5.74) is 0. The first-order chi connectivity index (χ1) is 8.72. The fourth-order valence-electron chi connectivity index (χ4n) is 1.86. The van der Waals surface area contributed by atoms with Gasteiger partial charge < -0.3 is 15.0 Å². The predicted molar refractivity (Wildman–Crippen MR) is 75.2 cm³/mol. The number of ether oxygens (including phenoxy) is 1. The SMILES string of the molecule is CCCNc1nccc(N(CC)C(C)COC)n1. The lowest BCUT2D eigenvalue weighted by molar-refractivity contribution is 0.181. The van der Waals surface area contributed by atoms with E-state index in [1.165, 1.54) is 0 Å². The van der Waals surface area contributed by atoms with E-state index in [4.69, 9.17) is 4.74 Å². The summed E-state index contributed by atoms with van der Waals surface area (Å²) in [5, 5.41) is 3.20. The molecular formula is C13H24N4O. The second-order valence-corrected chi connectivity index (χ2v) is 4.26. The van der Waals surface area contributed by atoms with E-state index in [0.717, 1.165) is 25.3 Å². The normalized spacial score (nSPS) is 12.2. The molecule has 102 valence electrons. The molecule has 0 bridgehead atoms. The molecule has 0 aliphatic rings. The van der Waals surface area contributed by atoms with E-state index in [1.807, 2.05) is 6.07 Å². The van der Waals surface area contributed by atoms with Gasteiger partial charge in [0.05, 0.1) is 12.6 Å². The minimum Gasteiger partial charge on any atom is -0.383 e. The van der Waals surface area contributed by atoms with Gasteiger partial charge in [-0.15, -0.1) is 0 Å². The Morgan fingerprint density at radius 2 is 2.22 bits per heavy atom. The molecule has 5 heteroatoms. The van der Waals surface area contributed by atoms with Crippen LogP contribution in [0.3, 0.4) is 0 Å². The first kappa shape index (κ1) is 14.7. The molecule has 0 aliphatic heterocycles. The van der Waals surface area contributed by atoms with Crippen molar-refractivity contribution in [3.63, 3.8) is 0 Å². The van der Waals surface area contributed by atoms with Crippen molar-refractivity contribution in [2.24, 2.45) is 0 Å². The standard InChI is InChI=1S/C13H24N4O/c1-5-8-14-13-15-9-7-12(16-13)17(6-2)11(3)10-18-4/h7,9,11H,5-6,8,10H2,1-4H3,(H,14,15,16). The molecule has 0 radical (unpaired) electrons. The first-order valence-electron chi connectivity index (χ1n) is 6.55. The second kappa shape index (κ2) is 7.87. The lowest BCUT2D eigenvalue weighted by Gasteiger charge is -2.28. The van der Waals surface area contributed by atoms with Gasteiger partial charge in [-0.05, 0) is 26.3 Å². The molecule has 1 aromatic rings. The van der Waals surface area contributed by atoms with E-state index < -0.39 is 0 Å². The Hall–Kier alpha value is -1.36. The van der Waals surface area contributed by atoms with Crippen LogP contribution in [0.4, 0.5) is 11.8 Å². The highest BCUT2D eigenvalue weighted by atomic mass is 16.5. The molecule has 1 N–H and O–H groups in total. The summed E-state index contributed by atoms with van der Waals surface area (Å²) in [7, 11) is 1.72. The van der Waals surface area contributed by atoms with Crippen LogP contribution in [-0.4, -0.2) is 42.8 Å². The summed E-state index contributed by atoms with van der Waals surface area (Å²) in [6.07, 6.45) is 2.85. The van der Waals surface area contributed by atoms with Gasteiger partial charge in [-0.3, -0.25) is 0 Å². The highest BCUT2D eigenvalue weighted by molar-refractivity contribution is 5.43. The van der Waals surface area contributed by atoms with Crippen LogP contribution >= 0.6 is 0 Å². The van der Waals surface area contributed by atoms with Crippen LogP contribution in [0.25, 0.3) is 0 Å². The molecule has 1 atom stereocenters. The monoisotopic (exact) mass is 252 g/mol. The molecule has 1 unspecified atom stereocenters. The van der Waals surface area contributed by atoms with Gasteiger partial charge in [0, 0.05) is 26.4 Å². The van der Waals surface area contributed by atoms with Crippen LogP contribution in [0.2, 0.25) is 0 Å². The van der Waals surface area contributed by atoms with Gasteiger partial charge in [-0.2, -0.15) is 4.98 Å². The third-order valence-corrected chi connectivity index (χ3v) is 2.75. The maximum Gasteiger partial charge on any atom is 0.224 e. The molecule has 0 fully saturated rings. The number of hydrogen-bond donors (Lipinski definition) is 1. The summed E-state index contributed by atoms with van der Waals surface area (Å²) < 4.78 is 5.20. The lowest BCUT2D eigenvalue weighted by atomic mass is 10.3.